The fraction of sp³-hybridized carbons (Fsp3) is 0.467. The molecule has 23 heavy (non-hydrogen) atoms. The van der Waals surface area contributed by atoms with E-state index >= 15 is 0 Å². The van der Waals surface area contributed by atoms with Gasteiger partial charge in [0.2, 0.25) is 0 Å². The largest absolute Gasteiger partial charge is 0.504 e. The number of hydrogen-bond donors (Lipinski definition) is 4. The van der Waals surface area contributed by atoms with Crippen molar-refractivity contribution < 1.29 is 19.5 Å². The molecule has 4 N–H and O–H groups in total. The normalized spacial score (nSPS) is 15.5. The van der Waals surface area contributed by atoms with Crippen molar-refractivity contribution in [2.75, 3.05) is 46.5 Å². The Bertz CT molecular complexity index is 548. The van der Waals surface area contributed by atoms with Crippen molar-refractivity contribution in [1.82, 2.24) is 10.7 Å². The fourth-order valence-corrected chi connectivity index (χ4v) is 2.40. The monoisotopic (exact) mass is 339 g/mol. The quantitative estimate of drug-likeness (QED) is 0.306. The maximum Gasteiger partial charge on any atom is 0.187 e. The van der Waals surface area contributed by atoms with E-state index in [-0.39, 0.29) is 5.75 Å². The number of phenols is 1. The summed E-state index contributed by atoms with van der Waals surface area (Å²) in [4.78, 5) is 1.52. The van der Waals surface area contributed by atoms with E-state index in [1.807, 2.05) is 0 Å². The molecule has 1 aliphatic rings. The van der Waals surface area contributed by atoms with Crippen molar-refractivity contribution >= 4 is 23.5 Å². The van der Waals surface area contributed by atoms with Gasteiger partial charge in [-0.2, -0.15) is 5.10 Å². The number of quaternary nitrogens is 1. The number of phenolic OH excluding ortho intramolecular Hbond substituents is 1. The Morgan fingerprint density at radius 2 is 2.26 bits per heavy atom. The lowest BCUT2D eigenvalue weighted by molar-refractivity contribution is -0.906. The molecule has 1 fully saturated rings. The number of methoxy groups -OCH3 is 1. The third-order valence-electron chi connectivity index (χ3n) is 3.55. The molecule has 7 nitrogen and oxygen atoms in total. The van der Waals surface area contributed by atoms with Gasteiger partial charge in [-0.15, -0.1) is 0 Å². The van der Waals surface area contributed by atoms with Crippen LogP contribution in [0.2, 0.25) is 0 Å². The maximum atomic E-state index is 9.53. The van der Waals surface area contributed by atoms with Crippen LogP contribution < -0.4 is 20.4 Å². The Balaban J connectivity index is 1.69. The van der Waals surface area contributed by atoms with Gasteiger partial charge >= 0.3 is 0 Å². The van der Waals surface area contributed by atoms with Gasteiger partial charge in [0.1, 0.15) is 13.1 Å². The summed E-state index contributed by atoms with van der Waals surface area (Å²) in [6.07, 6.45) is 1.61. The predicted molar refractivity (Wildman–Crippen MR) is 92.4 cm³/mol. The number of hydrogen-bond acceptors (Lipinski definition) is 5. The first-order valence-corrected chi connectivity index (χ1v) is 7.95. The summed E-state index contributed by atoms with van der Waals surface area (Å²) in [5.74, 6) is 0.503. The second kappa shape index (κ2) is 9.29. The summed E-state index contributed by atoms with van der Waals surface area (Å²) in [6, 6.07) is 4.99. The van der Waals surface area contributed by atoms with Crippen molar-refractivity contribution in [2.24, 2.45) is 5.10 Å². The average Bonchev–Trinajstić information content (AvgIpc) is 2.57. The van der Waals surface area contributed by atoms with Crippen LogP contribution in [0.5, 0.6) is 11.5 Å². The second-order valence-corrected chi connectivity index (χ2v) is 5.58. The number of aromatic hydroxyl groups is 1. The number of ether oxygens (including phenoxy) is 2. The lowest BCUT2D eigenvalue weighted by atomic mass is 10.2. The Labute approximate surface area is 141 Å². The zero-order valence-corrected chi connectivity index (χ0v) is 14.0. The Hall–Kier alpha value is -1.90. The Kier molecular flexibility index (Phi) is 7.05. The van der Waals surface area contributed by atoms with Gasteiger partial charge in [-0.3, -0.25) is 5.43 Å². The van der Waals surface area contributed by atoms with E-state index in [0.29, 0.717) is 10.9 Å². The molecule has 0 aromatic heterocycles. The third kappa shape index (κ3) is 6.01. The van der Waals surface area contributed by atoms with Crippen molar-refractivity contribution in [1.29, 1.82) is 0 Å². The molecule has 0 aliphatic carbocycles. The van der Waals surface area contributed by atoms with Crippen molar-refractivity contribution in [3.63, 3.8) is 0 Å². The molecule has 1 heterocycles. The Morgan fingerprint density at radius 3 is 3.00 bits per heavy atom. The first kappa shape index (κ1) is 17.5. The molecular formula is C15H23N4O3S+. The maximum absolute atomic E-state index is 9.53. The minimum atomic E-state index is 0.0976. The summed E-state index contributed by atoms with van der Waals surface area (Å²) < 4.78 is 10.4. The first-order chi connectivity index (χ1) is 11.2. The highest BCUT2D eigenvalue weighted by atomic mass is 32.1. The standard InChI is InChI=1S/C15H22N4O3S/c1-21-14-10-12(2-3-13(14)20)11-17-18-15(23)16-4-5-19-6-8-22-9-7-19/h2-3,10-11,20H,4-9H2,1H3,(H2,16,18,23)/p+1/b17-11+. The van der Waals surface area contributed by atoms with E-state index in [1.54, 1.807) is 24.4 Å². The van der Waals surface area contributed by atoms with Crippen molar-refractivity contribution in [3.05, 3.63) is 23.8 Å². The van der Waals surface area contributed by atoms with Gasteiger partial charge in [0.25, 0.3) is 0 Å². The Morgan fingerprint density at radius 1 is 1.48 bits per heavy atom. The summed E-state index contributed by atoms with van der Waals surface area (Å²) in [6.45, 7) is 5.55. The zero-order valence-electron chi connectivity index (χ0n) is 13.2. The smallest absolute Gasteiger partial charge is 0.187 e. The van der Waals surface area contributed by atoms with E-state index in [1.165, 1.54) is 12.0 Å². The molecule has 0 unspecified atom stereocenters. The van der Waals surface area contributed by atoms with Crippen LogP contribution in [-0.4, -0.2) is 62.9 Å². The van der Waals surface area contributed by atoms with Crippen molar-refractivity contribution in [3.8, 4) is 11.5 Å². The van der Waals surface area contributed by atoms with Crippen LogP contribution in [0, 0.1) is 0 Å². The van der Waals surface area contributed by atoms with Gasteiger partial charge in [-0.25, -0.2) is 0 Å². The summed E-state index contributed by atoms with van der Waals surface area (Å²) in [5, 5.41) is 17.2. The molecule has 0 atom stereocenters. The molecule has 126 valence electrons. The third-order valence-corrected chi connectivity index (χ3v) is 3.78. The van der Waals surface area contributed by atoms with E-state index in [2.05, 4.69) is 15.8 Å². The average molecular weight is 339 g/mol. The molecule has 0 spiro atoms. The zero-order chi connectivity index (χ0) is 16.5. The molecule has 0 amide bonds. The van der Waals surface area contributed by atoms with E-state index < -0.39 is 0 Å². The van der Waals surface area contributed by atoms with Gasteiger partial charge in [0, 0.05) is 0 Å². The van der Waals surface area contributed by atoms with Gasteiger partial charge < -0.3 is 24.8 Å². The second-order valence-electron chi connectivity index (χ2n) is 5.17. The minimum absolute atomic E-state index is 0.0976. The van der Waals surface area contributed by atoms with Crippen LogP contribution in [-0.2, 0) is 4.74 Å². The van der Waals surface area contributed by atoms with Gasteiger partial charge in [0.05, 0.1) is 39.6 Å². The molecule has 2 rings (SSSR count). The lowest BCUT2D eigenvalue weighted by Crippen LogP contribution is -3.14. The molecule has 1 aromatic carbocycles. The van der Waals surface area contributed by atoms with Crippen LogP contribution in [0.15, 0.2) is 23.3 Å². The number of thiocarbonyl (C=S) groups is 1. The molecule has 0 radical (unpaired) electrons. The van der Waals surface area contributed by atoms with Gasteiger partial charge in [-0.1, -0.05) is 0 Å². The molecule has 0 bridgehead atoms. The predicted octanol–water partition coefficient (Wildman–Crippen LogP) is -0.886. The molecule has 1 aromatic rings. The highest BCUT2D eigenvalue weighted by molar-refractivity contribution is 7.80. The minimum Gasteiger partial charge on any atom is -0.504 e. The van der Waals surface area contributed by atoms with E-state index in [4.69, 9.17) is 21.7 Å². The molecule has 0 saturated carbocycles. The van der Waals surface area contributed by atoms with Crippen molar-refractivity contribution in [2.45, 2.75) is 0 Å². The number of rotatable bonds is 6. The topological polar surface area (TPSA) is 79.5 Å². The van der Waals surface area contributed by atoms with Crippen LogP contribution in [0.1, 0.15) is 5.56 Å². The number of morpholine rings is 1. The van der Waals surface area contributed by atoms with Crippen LogP contribution in [0.3, 0.4) is 0 Å². The number of nitrogens with zero attached hydrogens (tertiary/aromatic N) is 1. The molecular weight excluding hydrogens is 316 g/mol. The summed E-state index contributed by atoms with van der Waals surface area (Å²) in [5.41, 5.74) is 3.57. The van der Waals surface area contributed by atoms with E-state index in [0.717, 1.165) is 45.0 Å². The number of nitrogens with one attached hydrogen (secondary N) is 3. The first-order valence-electron chi connectivity index (χ1n) is 7.54. The number of benzene rings is 1. The highest BCUT2D eigenvalue weighted by Crippen LogP contribution is 2.25. The van der Waals surface area contributed by atoms with Gasteiger partial charge in [-0.05, 0) is 36.0 Å². The fourth-order valence-electron chi connectivity index (χ4n) is 2.24. The van der Waals surface area contributed by atoms with E-state index in [9.17, 15) is 5.11 Å². The van der Waals surface area contributed by atoms with Crippen LogP contribution in [0.4, 0.5) is 0 Å². The van der Waals surface area contributed by atoms with Gasteiger partial charge in [0.15, 0.2) is 16.6 Å². The summed E-state index contributed by atoms with van der Waals surface area (Å²) in [7, 11) is 1.50. The van der Waals surface area contributed by atoms with Crippen LogP contribution in [0.25, 0.3) is 0 Å². The molecule has 1 aliphatic heterocycles. The van der Waals surface area contributed by atoms with Crippen LogP contribution >= 0.6 is 12.2 Å². The highest BCUT2D eigenvalue weighted by Gasteiger charge is 2.12. The summed E-state index contributed by atoms with van der Waals surface area (Å²) >= 11 is 5.17. The number of hydrazone groups is 1. The molecule has 1 saturated heterocycles. The SMILES string of the molecule is COc1cc(/C=N/NC(=S)NCC[NH+]2CCOCC2)ccc1O. The lowest BCUT2D eigenvalue weighted by Gasteiger charge is -2.23. The molecule has 8 heteroatoms.